The molecule has 0 aliphatic carbocycles. The van der Waals surface area contributed by atoms with Crippen LogP contribution in [0.1, 0.15) is 47.8 Å². The van der Waals surface area contributed by atoms with Gasteiger partial charge in [-0.25, -0.2) is 0 Å². The number of aliphatic hydroxyl groups excluding tert-OH is 1. The zero-order valence-electron chi connectivity index (χ0n) is 14.1. The number of fused-ring (bicyclic) bond motifs is 1. The van der Waals surface area contributed by atoms with E-state index in [-0.39, 0.29) is 5.91 Å². The molecule has 1 aliphatic heterocycles. The van der Waals surface area contributed by atoms with Crippen molar-refractivity contribution in [1.82, 2.24) is 0 Å². The first-order chi connectivity index (χ1) is 10.8. The first kappa shape index (κ1) is 15.8. The van der Waals surface area contributed by atoms with Gasteiger partial charge in [-0.05, 0) is 61.6 Å². The molecule has 2 aromatic rings. The van der Waals surface area contributed by atoms with Crippen molar-refractivity contribution in [3.63, 3.8) is 0 Å². The van der Waals surface area contributed by atoms with Crippen LogP contribution in [0.25, 0.3) is 0 Å². The van der Waals surface area contributed by atoms with Crippen LogP contribution in [0.15, 0.2) is 36.4 Å². The molecule has 0 radical (unpaired) electrons. The molecular weight excluding hydrogens is 286 g/mol. The molecular formula is C20H23NO2. The van der Waals surface area contributed by atoms with Crippen LogP contribution in [0.4, 0.5) is 5.69 Å². The van der Waals surface area contributed by atoms with Crippen molar-refractivity contribution < 1.29 is 9.90 Å². The third-order valence-corrected chi connectivity index (χ3v) is 5.05. The Balaban J connectivity index is 2.03. The van der Waals surface area contributed by atoms with Crippen LogP contribution in [0.2, 0.25) is 0 Å². The van der Waals surface area contributed by atoms with E-state index in [0.29, 0.717) is 6.42 Å². The van der Waals surface area contributed by atoms with Crippen LogP contribution < -0.4 is 5.32 Å². The summed E-state index contributed by atoms with van der Waals surface area (Å²) in [5, 5.41) is 13.7. The third-order valence-electron chi connectivity index (χ3n) is 5.05. The van der Waals surface area contributed by atoms with Crippen LogP contribution in [0.5, 0.6) is 0 Å². The van der Waals surface area contributed by atoms with Gasteiger partial charge in [-0.1, -0.05) is 30.3 Å². The number of benzene rings is 2. The minimum Gasteiger partial charge on any atom is -0.388 e. The van der Waals surface area contributed by atoms with Crippen LogP contribution >= 0.6 is 0 Å². The van der Waals surface area contributed by atoms with Gasteiger partial charge in [0.2, 0.25) is 5.91 Å². The number of amides is 1. The molecule has 0 aromatic heterocycles. The summed E-state index contributed by atoms with van der Waals surface area (Å²) in [7, 11) is 0. The Bertz CT molecular complexity index is 763. The molecule has 1 unspecified atom stereocenters. The Morgan fingerprint density at radius 2 is 1.78 bits per heavy atom. The summed E-state index contributed by atoms with van der Waals surface area (Å²) in [5.41, 5.74) is 5.44. The zero-order chi connectivity index (χ0) is 16.8. The van der Waals surface area contributed by atoms with E-state index in [1.54, 1.807) is 0 Å². The van der Waals surface area contributed by atoms with Gasteiger partial charge in [-0.3, -0.25) is 4.79 Å². The molecule has 2 aromatic carbocycles. The van der Waals surface area contributed by atoms with E-state index in [9.17, 15) is 9.90 Å². The Morgan fingerprint density at radius 3 is 2.43 bits per heavy atom. The second-order valence-electron chi connectivity index (χ2n) is 6.92. The summed E-state index contributed by atoms with van der Waals surface area (Å²) < 4.78 is 0. The van der Waals surface area contributed by atoms with E-state index >= 15 is 0 Å². The Hall–Kier alpha value is -2.13. The zero-order valence-corrected chi connectivity index (χ0v) is 14.1. The maximum absolute atomic E-state index is 12.2. The lowest BCUT2D eigenvalue weighted by atomic mass is 9.82. The van der Waals surface area contributed by atoms with Crippen molar-refractivity contribution in [1.29, 1.82) is 0 Å². The Labute approximate surface area is 137 Å². The van der Waals surface area contributed by atoms with Gasteiger partial charge in [-0.2, -0.15) is 0 Å². The van der Waals surface area contributed by atoms with Gasteiger partial charge >= 0.3 is 0 Å². The van der Waals surface area contributed by atoms with Gasteiger partial charge < -0.3 is 10.4 Å². The second kappa shape index (κ2) is 5.50. The maximum Gasteiger partial charge on any atom is 0.234 e. The van der Waals surface area contributed by atoms with Gasteiger partial charge in [0.15, 0.2) is 0 Å². The van der Waals surface area contributed by atoms with E-state index in [1.807, 2.05) is 64.1 Å². The standard InChI is InChI=1S/C20H23NO2/c1-12-13(2)18-16(20(3,4)19(23)21-18)11-15(12)17(22)10-14-8-6-5-7-9-14/h5-9,11,17,22H,10H2,1-4H3,(H,21,23). The van der Waals surface area contributed by atoms with E-state index in [0.717, 1.165) is 33.5 Å². The van der Waals surface area contributed by atoms with Crippen LogP contribution in [-0.4, -0.2) is 11.0 Å². The summed E-state index contributed by atoms with van der Waals surface area (Å²) in [4.78, 5) is 12.2. The molecule has 0 spiro atoms. The first-order valence-corrected chi connectivity index (χ1v) is 8.00. The number of rotatable bonds is 3. The van der Waals surface area contributed by atoms with Gasteiger partial charge in [0.05, 0.1) is 11.5 Å². The number of nitrogens with one attached hydrogen (secondary N) is 1. The van der Waals surface area contributed by atoms with E-state index < -0.39 is 11.5 Å². The average Bonchev–Trinajstić information content (AvgIpc) is 2.74. The molecule has 1 heterocycles. The van der Waals surface area contributed by atoms with Gasteiger partial charge in [0, 0.05) is 12.1 Å². The maximum atomic E-state index is 12.2. The van der Waals surface area contributed by atoms with Gasteiger partial charge in [-0.15, -0.1) is 0 Å². The highest BCUT2D eigenvalue weighted by molar-refractivity contribution is 6.06. The second-order valence-corrected chi connectivity index (χ2v) is 6.92. The minimum absolute atomic E-state index is 0.0182. The predicted molar refractivity (Wildman–Crippen MR) is 92.7 cm³/mol. The predicted octanol–water partition coefficient (Wildman–Crippen LogP) is 3.81. The highest BCUT2D eigenvalue weighted by atomic mass is 16.3. The number of carbonyl (C=O) groups is 1. The average molecular weight is 309 g/mol. The fourth-order valence-electron chi connectivity index (χ4n) is 3.28. The number of carbonyl (C=O) groups excluding carboxylic acids is 1. The van der Waals surface area contributed by atoms with E-state index in [4.69, 9.17) is 0 Å². The summed E-state index contributed by atoms with van der Waals surface area (Å²) in [5.74, 6) is 0.0182. The van der Waals surface area contributed by atoms with Gasteiger partial charge in [0.1, 0.15) is 0 Å². The molecule has 1 atom stereocenters. The molecule has 1 amide bonds. The number of hydrogen-bond acceptors (Lipinski definition) is 2. The SMILES string of the molecule is Cc1c(C(O)Cc2ccccc2)cc2c(c1C)NC(=O)C2(C)C. The van der Waals surface area contributed by atoms with Crippen molar-refractivity contribution >= 4 is 11.6 Å². The highest BCUT2D eigenvalue weighted by Crippen LogP contribution is 2.42. The summed E-state index contributed by atoms with van der Waals surface area (Å²) >= 11 is 0. The molecule has 120 valence electrons. The van der Waals surface area contributed by atoms with Crippen molar-refractivity contribution in [3.8, 4) is 0 Å². The van der Waals surface area contributed by atoms with Gasteiger partial charge in [0.25, 0.3) is 0 Å². The number of aliphatic hydroxyl groups is 1. The van der Waals surface area contributed by atoms with E-state index in [2.05, 4.69) is 5.32 Å². The lowest BCUT2D eigenvalue weighted by Gasteiger charge is -2.21. The topological polar surface area (TPSA) is 49.3 Å². The van der Waals surface area contributed by atoms with Crippen molar-refractivity contribution in [2.75, 3.05) is 5.32 Å². The van der Waals surface area contributed by atoms with Crippen LogP contribution in [0, 0.1) is 13.8 Å². The monoisotopic (exact) mass is 309 g/mol. The van der Waals surface area contributed by atoms with Crippen LogP contribution in [-0.2, 0) is 16.6 Å². The molecule has 3 heteroatoms. The molecule has 0 bridgehead atoms. The fourth-order valence-corrected chi connectivity index (χ4v) is 3.28. The smallest absolute Gasteiger partial charge is 0.234 e. The largest absolute Gasteiger partial charge is 0.388 e. The summed E-state index contributed by atoms with van der Waals surface area (Å²) in [6.45, 7) is 7.87. The first-order valence-electron chi connectivity index (χ1n) is 8.00. The van der Waals surface area contributed by atoms with E-state index in [1.165, 1.54) is 0 Å². The third kappa shape index (κ3) is 2.55. The fraction of sp³-hybridized carbons (Fsp3) is 0.350. The molecule has 0 saturated carbocycles. The Kier molecular flexibility index (Phi) is 3.77. The number of anilines is 1. The number of hydrogen-bond donors (Lipinski definition) is 2. The highest BCUT2D eigenvalue weighted by Gasteiger charge is 2.40. The van der Waals surface area contributed by atoms with Crippen LogP contribution in [0.3, 0.4) is 0 Å². The van der Waals surface area contributed by atoms with Crippen molar-refractivity contribution in [3.05, 3.63) is 64.2 Å². The molecule has 0 fully saturated rings. The molecule has 23 heavy (non-hydrogen) atoms. The van der Waals surface area contributed by atoms with Crippen molar-refractivity contribution in [2.24, 2.45) is 0 Å². The minimum atomic E-state index is -0.576. The summed E-state index contributed by atoms with van der Waals surface area (Å²) in [6, 6.07) is 12.0. The molecule has 0 saturated heterocycles. The lowest BCUT2D eigenvalue weighted by Crippen LogP contribution is -2.27. The molecule has 3 rings (SSSR count). The normalized spacial score (nSPS) is 16.8. The molecule has 3 nitrogen and oxygen atoms in total. The summed E-state index contributed by atoms with van der Waals surface area (Å²) in [6.07, 6.45) is -0.00488. The van der Waals surface area contributed by atoms with Crippen molar-refractivity contribution in [2.45, 2.75) is 45.6 Å². The molecule has 2 N–H and O–H groups in total. The lowest BCUT2D eigenvalue weighted by molar-refractivity contribution is -0.119. The Morgan fingerprint density at radius 1 is 1.13 bits per heavy atom. The quantitative estimate of drug-likeness (QED) is 0.906. The molecule has 1 aliphatic rings.